The number of nitrogens with zero attached hydrogens (tertiary/aromatic N) is 2. The van der Waals surface area contributed by atoms with Gasteiger partial charge in [0.25, 0.3) is 0 Å². The number of hydrogen-bond acceptors (Lipinski definition) is 5. The summed E-state index contributed by atoms with van der Waals surface area (Å²) in [6, 6.07) is 0. The van der Waals surface area contributed by atoms with Gasteiger partial charge in [-0.1, -0.05) is 5.92 Å². The summed E-state index contributed by atoms with van der Waals surface area (Å²) in [5, 5.41) is 0. The Kier molecular flexibility index (Phi) is 3.50. The van der Waals surface area contributed by atoms with Crippen LogP contribution in [0.2, 0.25) is 0 Å². The van der Waals surface area contributed by atoms with Crippen molar-refractivity contribution in [1.82, 2.24) is 9.97 Å². The molecule has 0 aliphatic rings. The molecule has 5 nitrogen and oxygen atoms in total. The molecule has 0 bridgehead atoms. The van der Waals surface area contributed by atoms with Crippen LogP contribution in [0.4, 0.5) is 5.95 Å². The van der Waals surface area contributed by atoms with Gasteiger partial charge in [-0.05, 0) is 29.8 Å². The highest BCUT2D eigenvalue weighted by atomic mass is 79.9. The van der Waals surface area contributed by atoms with E-state index in [0.717, 1.165) is 0 Å². The van der Waals surface area contributed by atoms with Crippen LogP contribution in [0.25, 0.3) is 0 Å². The third kappa shape index (κ3) is 3.08. The van der Waals surface area contributed by atoms with Gasteiger partial charge in [0.2, 0.25) is 11.8 Å². The van der Waals surface area contributed by atoms with Crippen LogP contribution in [-0.4, -0.2) is 15.6 Å². The number of ether oxygens (including phenoxy) is 1. The van der Waals surface area contributed by atoms with Gasteiger partial charge in [-0.3, -0.25) is 5.43 Å². The molecule has 80 valence electrons. The number of terminal acetylenes is 1. The average Bonchev–Trinajstić information content (AvgIpc) is 2.21. The molecular weight excluding hydrogens is 260 g/mol. The Labute approximate surface area is 96.5 Å². The molecular formula is C9H11BrN4O. The predicted octanol–water partition coefficient (Wildman–Crippen LogP) is 1.32. The Hall–Kier alpha value is -1.32. The van der Waals surface area contributed by atoms with E-state index in [1.807, 2.05) is 0 Å². The quantitative estimate of drug-likeness (QED) is 0.492. The molecule has 0 fully saturated rings. The number of rotatable bonds is 3. The summed E-state index contributed by atoms with van der Waals surface area (Å²) in [4.78, 5) is 7.90. The maximum Gasteiger partial charge on any atom is 0.240 e. The zero-order valence-corrected chi connectivity index (χ0v) is 10.00. The van der Waals surface area contributed by atoms with Crippen molar-refractivity contribution in [3.63, 3.8) is 0 Å². The van der Waals surface area contributed by atoms with E-state index in [0.29, 0.717) is 10.4 Å². The number of anilines is 1. The van der Waals surface area contributed by atoms with Crippen molar-refractivity contribution in [3.8, 4) is 18.2 Å². The van der Waals surface area contributed by atoms with Gasteiger partial charge in [0.05, 0.1) is 10.7 Å². The Balaban J connectivity index is 2.99. The van der Waals surface area contributed by atoms with Crippen molar-refractivity contribution < 1.29 is 4.74 Å². The first-order valence-corrected chi connectivity index (χ1v) is 4.94. The van der Waals surface area contributed by atoms with E-state index in [1.54, 1.807) is 13.8 Å². The summed E-state index contributed by atoms with van der Waals surface area (Å²) < 4.78 is 6.11. The Morgan fingerprint density at radius 1 is 1.67 bits per heavy atom. The fraction of sp³-hybridized carbons (Fsp3) is 0.333. The summed E-state index contributed by atoms with van der Waals surface area (Å²) >= 11 is 3.25. The molecule has 0 aromatic carbocycles. The fourth-order valence-electron chi connectivity index (χ4n) is 0.764. The van der Waals surface area contributed by atoms with Gasteiger partial charge in [0.1, 0.15) is 0 Å². The highest BCUT2D eigenvalue weighted by Gasteiger charge is 2.18. The number of hydrogen-bond donors (Lipinski definition) is 2. The highest BCUT2D eigenvalue weighted by molar-refractivity contribution is 9.10. The fourth-order valence-corrected chi connectivity index (χ4v) is 1.04. The molecule has 0 spiro atoms. The molecule has 15 heavy (non-hydrogen) atoms. The summed E-state index contributed by atoms with van der Waals surface area (Å²) in [6.45, 7) is 3.52. The molecule has 0 atom stereocenters. The van der Waals surface area contributed by atoms with Gasteiger partial charge >= 0.3 is 0 Å². The molecule has 0 amide bonds. The number of aromatic nitrogens is 2. The van der Waals surface area contributed by atoms with E-state index in [1.165, 1.54) is 6.20 Å². The monoisotopic (exact) mass is 270 g/mol. The molecule has 0 saturated carbocycles. The van der Waals surface area contributed by atoms with Crippen LogP contribution in [0.5, 0.6) is 5.88 Å². The molecule has 1 rings (SSSR count). The van der Waals surface area contributed by atoms with E-state index in [9.17, 15) is 0 Å². The summed E-state index contributed by atoms with van der Waals surface area (Å²) in [7, 11) is 0. The zero-order chi connectivity index (χ0) is 11.5. The van der Waals surface area contributed by atoms with Crippen LogP contribution in [0, 0.1) is 12.3 Å². The number of nitrogens with two attached hydrogens (primary N) is 1. The van der Waals surface area contributed by atoms with Crippen LogP contribution in [0.1, 0.15) is 13.8 Å². The van der Waals surface area contributed by atoms with Crippen LogP contribution >= 0.6 is 15.9 Å². The topological polar surface area (TPSA) is 73.1 Å². The van der Waals surface area contributed by atoms with Gasteiger partial charge in [0.15, 0.2) is 5.60 Å². The molecule has 1 aromatic rings. The summed E-state index contributed by atoms with van der Waals surface area (Å²) in [5.74, 6) is 8.29. The number of halogens is 1. The van der Waals surface area contributed by atoms with E-state index >= 15 is 0 Å². The van der Waals surface area contributed by atoms with Gasteiger partial charge in [-0.15, -0.1) is 6.42 Å². The van der Waals surface area contributed by atoms with Gasteiger partial charge < -0.3 is 4.74 Å². The van der Waals surface area contributed by atoms with Crippen molar-refractivity contribution in [2.24, 2.45) is 5.84 Å². The third-order valence-electron chi connectivity index (χ3n) is 1.54. The second kappa shape index (κ2) is 4.47. The van der Waals surface area contributed by atoms with Crippen molar-refractivity contribution in [1.29, 1.82) is 0 Å². The standard InChI is InChI=1S/C9H11BrN4O/c1-4-9(2,3)15-7-6(10)5-12-8(13-7)14-11/h1,5H,11H2,2-3H3,(H,12,13,14). The Bertz CT molecular complexity index is 400. The van der Waals surface area contributed by atoms with Crippen molar-refractivity contribution >= 4 is 21.9 Å². The number of hydrazine groups is 1. The lowest BCUT2D eigenvalue weighted by Gasteiger charge is -2.20. The molecule has 6 heteroatoms. The Morgan fingerprint density at radius 2 is 2.33 bits per heavy atom. The average molecular weight is 271 g/mol. The molecule has 3 N–H and O–H groups in total. The van der Waals surface area contributed by atoms with Crippen LogP contribution in [-0.2, 0) is 0 Å². The lowest BCUT2D eigenvalue weighted by atomic mass is 10.1. The summed E-state index contributed by atoms with van der Waals surface area (Å²) in [5.41, 5.74) is 1.59. The van der Waals surface area contributed by atoms with E-state index in [2.05, 4.69) is 37.2 Å². The van der Waals surface area contributed by atoms with Crippen molar-refractivity contribution in [3.05, 3.63) is 10.7 Å². The van der Waals surface area contributed by atoms with Gasteiger partial charge in [-0.25, -0.2) is 10.8 Å². The van der Waals surface area contributed by atoms with Crippen LogP contribution in [0.15, 0.2) is 10.7 Å². The maximum atomic E-state index is 5.49. The molecule has 0 aliphatic carbocycles. The Morgan fingerprint density at radius 3 is 2.87 bits per heavy atom. The lowest BCUT2D eigenvalue weighted by Crippen LogP contribution is -2.26. The lowest BCUT2D eigenvalue weighted by molar-refractivity contribution is 0.163. The molecule has 0 saturated heterocycles. The second-order valence-corrected chi connectivity index (χ2v) is 4.10. The number of nitrogens with one attached hydrogen (secondary N) is 1. The van der Waals surface area contributed by atoms with Crippen LogP contribution < -0.4 is 16.0 Å². The van der Waals surface area contributed by atoms with E-state index in [4.69, 9.17) is 17.0 Å². The van der Waals surface area contributed by atoms with Crippen molar-refractivity contribution in [2.45, 2.75) is 19.4 Å². The molecule has 0 unspecified atom stereocenters. The smallest absolute Gasteiger partial charge is 0.240 e. The predicted molar refractivity (Wildman–Crippen MR) is 61.1 cm³/mol. The zero-order valence-electron chi connectivity index (χ0n) is 8.41. The largest absolute Gasteiger partial charge is 0.458 e. The van der Waals surface area contributed by atoms with Crippen molar-refractivity contribution in [2.75, 3.05) is 5.43 Å². The van der Waals surface area contributed by atoms with E-state index < -0.39 is 5.60 Å². The normalized spacial score (nSPS) is 10.6. The van der Waals surface area contributed by atoms with Crippen LogP contribution in [0.3, 0.4) is 0 Å². The van der Waals surface area contributed by atoms with Gasteiger partial charge in [0, 0.05) is 0 Å². The van der Waals surface area contributed by atoms with Gasteiger partial charge in [-0.2, -0.15) is 4.98 Å². The minimum absolute atomic E-state index is 0.265. The SMILES string of the molecule is C#CC(C)(C)Oc1nc(NN)ncc1Br. The first-order valence-electron chi connectivity index (χ1n) is 4.14. The first kappa shape index (κ1) is 11.8. The molecule has 1 aromatic heterocycles. The minimum atomic E-state index is -0.733. The summed E-state index contributed by atoms with van der Waals surface area (Å²) in [6.07, 6.45) is 6.83. The maximum absolute atomic E-state index is 5.49. The minimum Gasteiger partial charge on any atom is -0.458 e. The van der Waals surface area contributed by atoms with E-state index in [-0.39, 0.29) is 5.95 Å². The molecule has 0 aliphatic heterocycles. The second-order valence-electron chi connectivity index (χ2n) is 3.25. The molecule has 1 heterocycles. The number of nitrogen functional groups attached to an aromatic ring is 1. The first-order chi connectivity index (χ1) is 6.98. The third-order valence-corrected chi connectivity index (χ3v) is 2.08. The molecule has 0 radical (unpaired) electrons. The highest BCUT2D eigenvalue weighted by Crippen LogP contribution is 2.25.